The van der Waals surface area contributed by atoms with Gasteiger partial charge in [-0.15, -0.1) is 0 Å². The largest absolute Gasteiger partial charge is 0.240 e. The van der Waals surface area contributed by atoms with Gasteiger partial charge in [-0.3, -0.25) is 0 Å². The maximum absolute atomic E-state index is 12.5. The van der Waals surface area contributed by atoms with Gasteiger partial charge in [-0.25, -0.2) is 13.1 Å². The van der Waals surface area contributed by atoms with E-state index < -0.39 is 10.0 Å². The van der Waals surface area contributed by atoms with Crippen molar-refractivity contribution in [3.05, 3.63) is 65.2 Å². The molecule has 3 rings (SSSR count). The van der Waals surface area contributed by atoms with E-state index in [-0.39, 0.29) is 5.92 Å². The Morgan fingerprint density at radius 3 is 2.43 bits per heavy atom. The Hall–Kier alpha value is -1.65. The van der Waals surface area contributed by atoms with Gasteiger partial charge in [0.05, 0.1) is 4.90 Å². The molecule has 0 radical (unpaired) electrons. The highest BCUT2D eigenvalue weighted by molar-refractivity contribution is 7.89. The Bertz CT molecular complexity index is 769. The molecule has 0 saturated carbocycles. The zero-order chi connectivity index (χ0) is 16.3. The van der Waals surface area contributed by atoms with Crippen molar-refractivity contribution in [2.75, 3.05) is 6.54 Å². The number of rotatable bonds is 5. The van der Waals surface area contributed by atoms with Gasteiger partial charge in [-0.2, -0.15) is 0 Å². The zero-order valence-electron chi connectivity index (χ0n) is 13.5. The van der Waals surface area contributed by atoms with E-state index in [1.165, 1.54) is 17.5 Å². The fourth-order valence-electron chi connectivity index (χ4n) is 3.09. The second-order valence-electron chi connectivity index (χ2n) is 6.30. The minimum Gasteiger partial charge on any atom is -0.211 e. The molecule has 0 aromatic heterocycles. The van der Waals surface area contributed by atoms with Crippen LogP contribution in [0.15, 0.2) is 53.4 Å². The first kappa shape index (κ1) is 16.2. The Kier molecular flexibility index (Phi) is 4.83. The molecule has 3 nitrogen and oxygen atoms in total. The highest BCUT2D eigenvalue weighted by Gasteiger charge is 2.18. The molecule has 4 heteroatoms. The number of hydrogen-bond acceptors (Lipinski definition) is 2. The fourth-order valence-corrected chi connectivity index (χ4v) is 4.28. The SMILES string of the molecule is C[C@@H](CNS(=O)(=O)c1ccc2c(c1)CCCC2)c1ccccc1. The van der Waals surface area contributed by atoms with Gasteiger partial charge in [0, 0.05) is 6.54 Å². The number of aryl methyl sites for hydroxylation is 2. The first-order chi connectivity index (χ1) is 11.1. The summed E-state index contributed by atoms with van der Waals surface area (Å²) < 4.78 is 27.8. The lowest BCUT2D eigenvalue weighted by molar-refractivity contribution is 0.574. The van der Waals surface area contributed by atoms with Crippen LogP contribution >= 0.6 is 0 Å². The molecule has 2 aromatic carbocycles. The van der Waals surface area contributed by atoms with Crippen molar-refractivity contribution in [3.63, 3.8) is 0 Å². The molecule has 2 aromatic rings. The lowest BCUT2D eigenvalue weighted by atomic mass is 9.92. The number of hydrogen-bond donors (Lipinski definition) is 1. The summed E-state index contributed by atoms with van der Waals surface area (Å²) in [7, 11) is -3.45. The minimum atomic E-state index is -3.45. The summed E-state index contributed by atoms with van der Waals surface area (Å²) in [5.74, 6) is 0.142. The van der Waals surface area contributed by atoms with E-state index in [2.05, 4.69) is 4.72 Å². The highest BCUT2D eigenvalue weighted by Crippen LogP contribution is 2.24. The molecule has 0 heterocycles. The Morgan fingerprint density at radius 1 is 1.00 bits per heavy atom. The Morgan fingerprint density at radius 2 is 1.70 bits per heavy atom. The van der Waals surface area contributed by atoms with Crippen LogP contribution in [0.1, 0.15) is 42.4 Å². The van der Waals surface area contributed by atoms with Gasteiger partial charge in [-0.1, -0.05) is 43.3 Å². The van der Waals surface area contributed by atoms with E-state index >= 15 is 0 Å². The van der Waals surface area contributed by atoms with Crippen LogP contribution in [0.25, 0.3) is 0 Å². The molecule has 0 unspecified atom stereocenters. The van der Waals surface area contributed by atoms with Crippen molar-refractivity contribution >= 4 is 10.0 Å². The van der Waals surface area contributed by atoms with Gasteiger partial charge in [0.2, 0.25) is 10.0 Å². The standard InChI is InChI=1S/C19H23NO2S/c1-15(16-7-3-2-4-8-16)14-20-23(21,22)19-12-11-17-9-5-6-10-18(17)13-19/h2-4,7-8,11-13,15,20H,5-6,9-10,14H2,1H3/t15-/m0/s1. The molecule has 1 atom stereocenters. The van der Waals surface area contributed by atoms with Gasteiger partial charge < -0.3 is 0 Å². The molecule has 0 saturated heterocycles. The normalized spacial score (nSPS) is 15.9. The van der Waals surface area contributed by atoms with Gasteiger partial charge in [0.1, 0.15) is 0 Å². The average molecular weight is 329 g/mol. The van der Waals surface area contributed by atoms with Crippen molar-refractivity contribution < 1.29 is 8.42 Å². The van der Waals surface area contributed by atoms with E-state index in [0.29, 0.717) is 11.4 Å². The van der Waals surface area contributed by atoms with Crippen molar-refractivity contribution in [2.24, 2.45) is 0 Å². The molecule has 1 N–H and O–H groups in total. The third kappa shape index (κ3) is 3.82. The average Bonchev–Trinajstić information content (AvgIpc) is 2.60. The maximum Gasteiger partial charge on any atom is 0.240 e. The Balaban J connectivity index is 1.72. The number of nitrogens with one attached hydrogen (secondary N) is 1. The predicted octanol–water partition coefficient (Wildman–Crippen LogP) is 3.65. The van der Waals surface area contributed by atoms with Crippen molar-refractivity contribution in [1.82, 2.24) is 4.72 Å². The number of sulfonamides is 1. The monoisotopic (exact) mass is 329 g/mol. The molecule has 1 aliphatic rings. The van der Waals surface area contributed by atoms with Crippen LogP contribution < -0.4 is 4.72 Å². The van der Waals surface area contributed by atoms with E-state index in [9.17, 15) is 8.42 Å². The lowest BCUT2D eigenvalue weighted by Gasteiger charge is -2.17. The second kappa shape index (κ2) is 6.85. The summed E-state index contributed by atoms with van der Waals surface area (Å²) in [6.45, 7) is 2.44. The van der Waals surface area contributed by atoms with Gasteiger partial charge in [0.15, 0.2) is 0 Å². The molecule has 0 fully saturated rings. The smallest absolute Gasteiger partial charge is 0.211 e. The molecule has 1 aliphatic carbocycles. The number of benzene rings is 2. The summed E-state index contributed by atoms with van der Waals surface area (Å²) in [6.07, 6.45) is 4.40. The minimum absolute atomic E-state index is 0.142. The van der Waals surface area contributed by atoms with Gasteiger partial charge >= 0.3 is 0 Å². The molecular weight excluding hydrogens is 306 g/mol. The lowest BCUT2D eigenvalue weighted by Crippen LogP contribution is -2.28. The van der Waals surface area contributed by atoms with E-state index in [1.54, 1.807) is 6.07 Å². The van der Waals surface area contributed by atoms with Crippen LogP contribution in [0, 0.1) is 0 Å². The molecule has 0 spiro atoms. The van der Waals surface area contributed by atoms with Crippen LogP contribution in [0.3, 0.4) is 0 Å². The molecule has 0 aliphatic heterocycles. The summed E-state index contributed by atoms with van der Waals surface area (Å²) >= 11 is 0. The zero-order valence-corrected chi connectivity index (χ0v) is 14.3. The molecule has 0 bridgehead atoms. The highest BCUT2D eigenvalue weighted by atomic mass is 32.2. The second-order valence-corrected chi connectivity index (χ2v) is 8.07. The van der Waals surface area contributed by atoms with Crippen LogP contribution in [0.5, 0.6) is 0 Å². The first-order valence-corrected chi connectivity index (χ1v) is 9.71. The van der Waals surface area contributed by atoms with Crippen LogP contribution in [-0.4, -0.2) is 15.0 Å². The summed E-state index contributed by atoms with van der Waals surface area (Å²) in [5, 5.41) is 0. The molecule has 0 amide bonds. The topological polar surface area (TPSA) is 46.2 Å². The van der Waals surface area contributed by atoms with E-state index in [0.717, 1.165) is 24.8 Å². The maximum atomic E-state index is 12.5. The van der Waals surface area contributed by atoms with Crippen LogP contribution in [0.2, 0.25) is 0 Å². The first-order valence-electron chi connectivity index (χ1n) is 8.23. The van der Waals surface area contributed by atoms with Crippen molar-refractivity contribution in [1.29, 1.82) is 0 Å². The quantitative estimate of drug-likeness (QED) is 0.910. The number of fused-ring (bicyclic) bond motifs is 1. The third-order valence-electron chi connectivity index (χ3n) is 4.58. The third-order valence-corrected chi connectivity index (χ3v) is 6.00. The van der Waals surface area contributed by atoms with E-state index in [1.807, 2.05) is 49.4 Å². The predicted molar refractivity (Wildman–Crippen MR) is 93.1 cm³/mol. The van der Waals surface area contributed by atoms with E-state index in [4.69, 9.17) is 0 Å². The summed E-state index contributed by atoms with van der Waals surface area (Å²) in [5.41, 5.74) is 3.63. The van der Waals surface area contributed by atoms with Crippen LogP contribution in [0.4, 0.5) is 0 Å². The molecular formula is C19H23NO2S. The molecule has 122 valence electrons. The summed E-state index contributed by atoms with van der Waals surface area (Å²) in [6, 6.07) is 15.5. The fraction of sp³-hybridized carbons (Fsp3) is 0.368. The van der Waals surface area contributed by atoms with Crippen LogP contribution in [-0.2, 0) is 22.9 Å². The molecule has 23 heavy (non-hydrogen) atoms. The van der Waals surface area contributed by atoms with Gasteiger partial charge in [0.25, 0.3) is 0 Å². The van der Waals surface area contributed by atoms with Crippen molar-refractivity contribution in [2.45, 2.75) is 43.4 Å². The van der Waals surface area contributed by atoms with Gasteiger partial charge in [-0.05, 0) is 60.4 Å². The Labute approximate surface area is 138 Å². The van der Waals surface area contributed by atoms with Crippen molar-refractivity contribution in [3.8, 4) is 0 Å². The summed E-state index contributed by atoms with van der Waals surface area (Å²) in [4.78, 5) is 0.387.